The number of amides is 1. The average Bonchev–Trinajstić information content (AvgIpc) is 2.85. The van der Waals surface area contributed by atoms with E-state index in [1.165, 1.54) is 25.2 Å². The van der Waals surface area contributed by atoms with E-state index in [4.69, 9.17) is 5.73 Å². The lowest BCUT2D eigenvalue weighted by atomic mass is 9.88. The lowest BCUT2D eigenvalue weighted by Crippen LogP contribution is -2.42. The van der Waals surface area contributed by atoms with Gasteiger partial charge in [-0.1, -0.05) is 12.1 Å². The molecule has 1 aromatic carbocycles. The van der Waals surface area contributed by atoms with Gasteiger partial charge in [0.15, 0.2) is 5.60 Å². The topological polar surface area (TPSA) is 103 Å². The summed E-state index contributed by atoms with van der Waals surface area (Å²) in [5, 5.41) is 17.1. The van der Waals surface area contributed by atoms with Crippen molar-refractivity contribution in [1.29, 1.82) is 0 Å². The van der Waals surface area contributed by atoms with Crippen molar-refractivity contribution in [3.05, 3.63) is 42.0 Å². The van der Waals surface area contributed by atoms with Crippen molar-refractivity contribution >= 4 is 6.09 Å². The van der Waals surface area contributed by atoms with E-state index < -0.39 is 23.4 Å². The Balaban J connectivity index is 2.45. The zero-order valence-corrected chi connectivity index (χ0v) is 11.8. The van der Waals surface area contributed by atoms with Gasteiger partial charge in [0.2, 0.25) is 5.82 Å². The van der Waals surface area contributed by atoms with E-state index in [9.17, 15) is 18.7 Å². The van der Waals surface area contributed by atoms with E-state index in [1.807, 2.05) is 0 Å². The molecule has 1 heterocycles. The molecule has 1 aromatic heterocycles. The van der Waals surface area contributed by atoms with Gasteiger partial charge < -0.3 is 20.1 Å². The molecule has 0 saturated heterocycles. The number of ether oxygens (including phenoxy) is 1. The highest BCUT2D eigenvalue weighted by molar-refractivity contribution is 5.68. The van der Waals surface area contributed by atoms with Gasteiger partial charge >= 0.3 is 12.0 Å². The Kier molecular flexibility index (Phi) is 3.84. The maximum absolute atomic E-state index is 14.6. The molecule has 1 atom stereocenters. The molecule has 7 nitrogen and oxygen atoms in total. The van der Waals surface area contributed by atoms with Crippen LogP contribution >= 0.6 is 0 Å². The van der Waals surface area contributed by atoms with Crippen LogP contribution in [0.25, 0.3) is 0 Å². The first-order valence-corrected chi connectivity index (χ1v) is 6.18. The monoisotopic (exact) mass is 312 g/mol. The summed E-state index contributed by atoms with van der Waals surface area (Å²) in [6, 6.07) is 5.09. The largest absolute Gasteiger partial charge is 0.410 e. The molecule has 0 aliphatic heterocycles. The normalized spacial score (nSPS) is 14.4. The Bertz CT molecular complexity index is 700. The number of carbonyl (C=O) groups is 1. The van der Waals surface area contributed by atoms with E-state index in [1.54, 1.807) is 0 Å². The number of rotatable bonds is 4. The number of alkyl halides is 2. The van der Waals surface area contributed by atoms with Crippen LogP contribution in [0.15, 0.2) is 30.6 Å². The molecule has 0 aliphatic rings. The third-order valence-electron chi connectivity index (χ3n) is 3.22. The Labute approximate surface area is 124 Å². The molecule has 22 heavy (non-hydrogen) atoms. The summed E-state index contributed by atoms with van der Waals surface area (Å²) in [4.78, 5) is 10.7. The third kappa shape index (κ3) is 2.62. The predicted octanol–water partition coefficient (Wildman–Crippen LogP) is 1.27. The molecule has 118 valence electrons. The number of carbonyl (C=O) groups excluding carboxylic acids is 1. The van der Waals surface area contributed by atoms with Crippen molar-refractivity contribution in [2.24, 2.45) is 12.8 Å². The number of primary amides is 1. The second kappa shape index (κ2) is 5.34. The molecule has 0 fully saturated rings. The number of aryl methyl sites for hydroxylation is 1. The molecule has 0 bridgehead atoms. The van der Waals surface area contributed by atoms with Crippen molar-refractivity contribution in [3.8, 4) is 5.75 Å². The van der Waals surface area contributed by atoms with Crippen LogP contribution in [-0.2, 0) is 18.6 Å². The van der Waals surface area contributed by atoms with Crippen LogP contribution in [0.1, 0.15) is 18.3 Å². The molecule has 2 aromatic rings. The van der Waals surface area contributed by atoms with Crippen molar-refractivity contribution in [3.63, 3.8) is 0 Å². The quantitative estimate of drug-likeness (QED) is 0.885. The fourth-order valence-electron chi connectivity index (χ4n) is 1.95. The summed E-state index contributed by atoms with van der Waals surface area (Å²) < 4.78 is 34.8. The van der Waals surface area contributed by atoms with Crippen molar-refractivity contribution in [1.82, 2.24) is 14.8 Å². The van der Waals surface area contributed by atoms with E-state index >= 15 is 0 Å². The molecular formula is C13H14F2N4O3. The molecule has 3 N–H and O–H groups in total. The van der Waals surface area contributed by atoms with E-state index in [2.05, 4.69) is 14.9 Å². The van der Waals surface area contributed by atoms with Gasteiger partial charge in [-0.25, -0.2) is 4.79 Å². The van der Waals surface area contributed by atoms with Crippen LogP contribution in [0.4, 0.5) is 13.6 Å². The molecule has 0 aliphatic carbocycles. The molecule has 9 heteroatoms. The molecule has 0 spiro atoms. The number of hydrogen-bond donors (Lipinski definition) is 2. The minimum absolute atomic E-state index is 0.0564. The molecule has 2 rings (SSSR count). The van der Waals surface area contributed by atoms with Gasteiger partial charge in [0.05, 0.1) is 0 Å². The number of benzene rings is 1. The number of hydrogen-bond acceptors (Lipinski definition) is 5. The Hall–Kier alpha value is -2.55. The summed E-state index contributed by atoms with van der Waals surface area (Å²) in [6.07, 6.45) is 0.0169. The fraction of sp³-hybridized carbons (Fsp3) is 0.308. The Morgan fingerprint density at radius 2 is 2.14 bits per heavy atom. The highest BCUT2D eigenvalue weighted by atomic mass is 19.3. The zero-order valence-electron chi connectivity index (χ0n) is 11.8. The minimum atomic E-state index is -3.73. The predicted molar refractivity (Wildman–Crippen MR) is 71.1 cm³/mol. The summed E-state index contributed by atoms with van der Waals surface area (Å²) in [6.45, 7) is 0.936. The third-order valence-corrected chi connectivity index (χ3v) is 3.22. The van der Waals surface area contributed by atoms with E-state index in [0.717, 1.165) is 23.9 Å². The van der Waals surface area contributed by atoms with Crippen LogP contribution in [0.2, 0.25) is 0 Å². The van der Waals surface area contributed by atoms with Gasteiger partial charge in [0.25, 0.3) is 0 Å². The first kappa shape index (κ1) is 15.8. The first-order chi connectivity index (χ1) is 10.2. The number of aliphatic hydroxyl groups is 1. The smallest absolute Gasteiger partial charge is 0.409 e. The van der Waals surface area contributed by atoms with Gasteiger partial charge in [0, 0.05) is 7.05 Å². The number of nitrogens with zero attached hydrogens (tertiary/aromatic N) is 3. The van der Waals surface area contributed by atoms with Crippen LogP contribution < -0.4 is 10.5 Å². The second-order valence-corrected chi connectivity index (χ2v) is 4.86. The fourth-order valence-corrected chi connectivity index (χ4v) is 1.95. The number of aromatic nitrogens is 3. The molecule has 1 unspecified atom stereocenters. The molecular weight excluding hydrogens is 298 g/mol. The highest BCUT2D eigenvalue weighted by Gasteiger charge is 2.55. The molecule has 0 radical (unpaired) electrons. The standard InChI is InChI=1S/C13H14F2N4O3/c1-12(21,13(14,15)10-18-17-7-19(10)2)8-4-3-5-9(6-8)22-11(16)20/h3-7,21H,1-2H3,(H2,16,20). The summed E-state index contributed by atoms with van der Waals surface area (Å²) in [5.74, 6) is -4.48. The zero-order chi connectivity index (χ0) is 16.5. The average molecular weight is 312 g/mol. The molecule has 0 saturated carbocycles. The van der Waals surface area contributed by atoms with Gasteiger partial charge in [-0.05, 0) is 24.6 Å². The lowest BCUT2D eigenvalue weighted by Gasteiger charge is -2.32. The number of halogens is 2. The van der Waals surface area contributed by atoms with Crippen LogP contribution in [0.3, 0.4) is 0 Å². The van der Waals surface area contributed by atoms with Crippen molar-refractivity contribution in [2.45, 2.75) is 18.4 Å². The van der Waals surface area contributed by atoms with E-state index in [-0.39, 0.29) is 11.3 Å². The maximum Gasteiger partial charge on any atom is 0.409 e. The SMILES string of the molecule is Cn1cnnc1C(F)(F)C(C)(O)c1cccc(OC(N)=O)c1. The Morgan fingerprint density at radius 3 is 2.68 bits per heavy atom. The highest BCUT2D eigenvalue weighted by Crippen LogP contribution is 2.44. The second-order valence-electron chi connectivity index (χ2n) is 4.86. The maximum atomic E-state index is 14.6. The van der Waals surface area contributed by atoms with E-state index in [0.29, 0.717) is 0 Å². The summed E-state index contributed by atoms with van der Waals surface area (Å²) in [5.41, 5.74) is 2.10. The van der Waals surface area contributed by atoms with Crippen LogP contribution in [0, 0.1) is 0 Å². The van der Waals surface area contributed by atoms with Crippen molar-refractivity contribution < 1.29 is 23.4 Å². The van der Waals surface area contributed by atoms with Gasteiger partial charge in [-0.15, -0.1) is 10.2 Å². The van der Waals surface area contributed by atoms with Gasteiger partial charge in [-0.2, -0.15) is 8.78 Å². The summed E-state index contributed by atoms with van der Waals surface area (Å²) in [7, 11) is 1.34. The molecule has 1 amide bonds. The van der Waals surface area contributed by atoms with Crippen LogP contribution in [0.5, 0.6) is 5.75 Å². The van der Waals surface area contributed by atoms with Gasteiger partial charge in [-0.3, -0.25) is 0 Å². The summed E-state index contributed by atoms with van der Waals surface area (Å²) >= 11 is 0. The van der Waals surface area contributed by atoms with Crippen molar-refractivity contribution in [2.75, 3.05) is 0 Å². The first-order valence-electron chi connectivity index (χ1n) is 6.18. The lowest BCUT2D eigenvalue weighted by molar-refractivity contribution is -0.191. The minimum Gasteiger partial charge on any atom is -0.410 e. The number of nitrogens with two attached hydrogens (primary N) is 1. The van der Waals surface area contributed by atoms with Crippen LogP contribution in [-0.4, -0.2) is 26.0 Å². The van der Waals surface area contributed by atoms with Gasteiger partial charge in [0.1, 0.15) is 12.1 Å². The Morgan fingerprint density at radius 1 is 1.45 bits per heavy atom.